The predicted molar refractivity (Wildman–Crippen MR) is 99.0 cm³/mol. The normalized spacial score (nSPS) is 15.5. The van der Waals surface area contributed by atoms with Crippen molar-refractivity contribution >= 4 is 27.3 Å². The Hall–Kier alpha value is -1.50. The molecule has 0 spiro atoms. The summed E-state index contributed by atoms with van der Waals surface area (Å²) >= 11 is 5.12. The second-order valence-corrected chi connectivity index (χ2v) is 7.97. The lowest BCUT2D eigenvalue weighted by Gasteiger charge is -2.17. The lowest BCUT2D eigenvalue weighted by molar-refractivity contribution is 0.372. The monoisotopic (exact) mass is 403 g/mol. The molecule has 1 aliphatic rings. The molecule has 0 bridgehead atoms. The van der Waals surface area contributed by atoms with Gasteiger partial charge in [-0.25, -0.2) is 0 Å². The van der Waals surface area contributed by atoms with Crippen LogP contribution in [0.15, 0.2) is 50.8 Å². The zero-order chi connectivity index (χ0) is 16.4. The standard InChI is InChI=1S/C18H18BrN3OS/c19-14-7-5-13(6-8-14)18(9-10-18)20-11-1-4-16-21-17(22-23-16)15-3-2-12-24-15/h2-3,5-8,12,20H,1,4,9-11H2. The predicted octanol–water partition coefficient (Wildman–Crippen LogP) is 4.77. The molecule has 2 heterocycles. The van der Waals surface area contributed by atoms with Crippen molar-refractivity contribution in [3.63, 3.8) is 0 Å². The van der Waals surface area contributed by atoms with E-state index in [1.165, 1.54) is 18.4 Å². The molecule has 1 saturated carbocycles. The van der Waals surface area contributed by atoms with Crippen LogP contribution in [0.2, 0.25) is 0 Å². The molecule has 1 N–H and O–H groups in total. The van der Waals surface area contributed by atoms with E-state index < -0.39 is 0 Å². The molecule has 3 aromatic rings. The Morgan fingerprint density at radius 1 is 1.21 bits per heavy atom. The summed E-state index contributed by atoms with van der Waals surface area (Å²) in [6, 6.07) is 12.6. The Morgan fingerprint density at radius 3 is 2.75 bits per heavy atom. The zero-order valence-corrected chi connectivity index (χ0v) is 15.6. The van der Waals surface area contributed by atoms with Gasteiger partial charge in [-0.1, -0.05) is 39.3 Å². The molecule has 0 amide bonds. The number of nitrogens with one attached hydrogen (secondary N) is 1. The summed E-state index contributed by atoms with van der Waals surface area (Å²) < 4.78 is 6.47. The van der Waals surface area contributed by atoms with Gasteiger partial charge in [0.2, 0.25) is 11.7 Å². The van der Waals surface area contributed by atoms with Crippen LogP contribution in [0.25, 0.3) is 10.7 Å². The molecule has 2 aromatic heterocycles. The van der Waals surface area contributed by atoms with Gasteiger partial charge in [-0.2, -0.15) is 4.98 Å². The van der Waals surface area contributed by atoms with Gasteiger partial charge in [-0.15, -0.1) is 11.3 Å². The number of hydrogen-bond donors (Lipinski definition) is 1. The van der Waals surface area contributed by atoms with E-state index in [9.17, 15) is 0 Å². The maximum absolute atomic E-state index is 5.35. The smallest absolute Gasteiger partial charge is 0.227 e. The quantitative estimate of drug-likeness (QED) is 0.577. The number of thiophene rings is 1. The molecule has 0 radical (unpaired) electrons. The van der Waals surface area contributed by atoms with Crippen molar-refractivity contribution in [3.8, 4) is 10.7 Å². The molecule has 4 nitrogen and oxygen atoms in total. The molecule has 0 saturated heterocycles. The second kappa shape index (κ2) is 6.78. The fourth-order valence-corrected chi connectivity index (χ4v) is 3.80. The first kappa shape index (κ1) is 16.0. The van der Waals surface area contributed by atoms with Crippen molar-refractivity contribution in [2.45, 2.75) is 31.2 Å². The third-order valence-corrected chi connectivity index (χ3v) is 5.78. The fraction of sp³-hybridized carbons (Fsp3) is 0.333. The van der Waals surface area contributed by atoms with Crippen LogP contribution in [-0.4, -0.2) is 16.7 Å². The van der Waals surface area contributed by atoms with Gasteiger partial charge in [-0.05, 0) is 54.9 Å². The van der Waals surface area contributed by atoms with Crippen molar-refractivity contribution in [2.24, 2.45) is 0 Å². The third-order valence-electron chi connectivity index (χ3n) is 4.39. The van der Waals surface area contributed by atoms with E-state index in [0.29, 0.717) is 11.7 Å². The first-order valence-corrected chi connectivity index (χ1v) is 9.80. The lowest BCUT2D eigenvalue weighted by atomic mass is 10.0. The number of benzene rings is 1. The average molecular weight is 404 g/mol. The SMILES string of the molecule is Brc1ccc(C2(NCCCc3nc(-c4cccs4)no3)CC2)cc1. The van der Waals surface area contributed by atoms with Crippen LogP contribution < -0.4 is 5.32 Å². The van der Waals surface area contributed by atoms with E-state index in [-0.39, 0.29) is 5.54 Å². The van der Waals surface area contributed by atoms with Gasteiger partial charge in [0.25, 0.3) is 0 Å². The van der Waals surface area contributed by atoms with E-state index in [4.69, 9.17) is 4.52 Å². The van der Waals surface area contributed by atoms with Crippen molar-refractivity contribution < 1.29 is 4.52 Å². The van der Waals surface area contributed by atoms with Gasteiger partial charge >= 0.3 is 0 Å². The summed E-state index contributed by atoms with van der Waals surface area (Å²) in [5, 5.41) is 9.78. The third kappa shape index (κ3) is 3.45. The Morgan fingerprint density at radius 2 is 2.04 bits per heavy atom. The van der Waals surface area contributed by atoms with Crippen molar-refractivity contribution in [2.75, 3.05) is 6.54 Å². The largest absolute Gasteiger partial charge is 0.339 e. The van der Waals surface area contributed by atoms with Gasteiger partial charge in [-0.3, -0.25) is 0 Å². The number of aryl methyl sites for hydroxylation is 1. The average Bonchev–Trinajstić information content (AvgIpc) is 3.02. The summed E-state index contributed by atoms with van der Waals surface area (Å²) in [6.07, 6.45) is 4.21. The highest BCUT2D eigenvalue weighted by atomic mass is 79.9. The Balaban J connectivity index is 1.28. The van der Waals surface area contributed by atoms with Crippen molar-refractivity contribution in [3.05, 3.63) is 57.7 Å². The molecular formula is C18H18BrN3OS. The van der Waals surface area contributed by atoms with Crippen LogP contribution >= 0.6 is 27.3 Å². The van der Waals surface area contributed by atoms with Gasteiger partial charge < -0.3 is 9.84 Å². The first-order valence-electron chi connectivity index (χ1n) is 8.13. The number of halogens is 1. The second-order valence-electron chi connectivity index (χ2n) is 6.11. The highest BCUT2D eigenvalue weighted by molar-refractivity contribution is 9.10. The van der Waals surface area contributed by atoms with E-state index >= 15 is 0 Å². The molecule has 4 rings (SSSR count). The molecule has 1 fully saturated rings. The zero-order valence-electron chi connectivity index (χ0n) is 13.2. The van der Waals surface area contributed by atoms with Crippen LogP contribution in [0.1, 0.15) is 30.7 Å². The highest BCUT2D eigenvalue weighted by Gasteiger charge is 2.43. The molecule has 1 aromatic carbocycles. The molecule has 0 aliphatic heterocycles. The number of aromatic nitrogens is 2. The van der Waals surface area contributed by atoms with Crippen LogP contribution in [-0.2, 0) is 12.0 Å². The number of rotatable bonds is 7. The number of nitrogens with zero attached hydrogens (tertiary/aromatic N) is 2. The van der Waals surface area contributed by atoms with Gasteiger partial charge in [0, 0.05) is 16.4 Å². The Bertz CT molecular complexity index is 794. The fourth-order valence-electron chi connectivity index (χ4n) is 2.89. The number of hydrogen-bond acceptors (Lipinski definition) is 5. The minimum Gasteiger partial charge on any atom is -0.339 e. The summed E-state index contributed by atoms with van der Waals surface area (Å²) in [5.74, 6) is 1.41. The van der Waals surface area contributed by atoms with Crippen molar-refractivity contribution in [1.29, 1.82) is 0 Å². The van der Waals surface area contributed by atoms with Crippen LogP contribution in [0.3, 0.4) is 0 Å². The van der Waals surface area contributed by atoms with Crippen LogP contribution in [0.5, 0.6) is 0 Å². The molecule has 1 aliphatic carbocycles. The van der Waals surface area contributed by atoms with Crippen LogP contribution in [0.4, 0.5) is 0 Å². The minimum atomic E-state index is 0.178. The Kier molecular flexibility index (Phi) is 4.52. The summed E-state index contributed by atoms with van der Waals surface area (Å²) in [5.41, 5.74) is 1.56. The molecule has 0 atom stereocenters. The maximum Gasteiger partial charge on any atom is 0.227 e. The summed E-state index contributed by atoms with van der Waals surface area (Å²) in [6.45, 7) is 0.951. The van der Waals surface area contributed by atoms with E-state index in [2.05, 4.69) is 55.7 Å². The van der Waals surface area contributed by atoms with E-state index in [1.54, 1.807) is 11.3 Å². The van der Waals surface area contributed by atoms with Crippen LogP contribution in [0, 0.1) is 0 Å². The first-order chi connectivity index (χ1) is 11.8. The lowest BCUT2D eigenvalue weighted by Crippen LogP contribution is -2.30. The Labute approximate surface area is 153 Å². The van der Waals surface area contributed by atoms with Gasteiger partial charge in [0.1, 0.15) is 0 Å². The molecular weight excluding hydrogens is 386 g/mol. The van der Waals surface area contributed by atoms with Crippen molar-refractivity contribution in [1.82, 2.24) is 15.5 Å². The molecule has 6 heteroatoms. The topological polar surface area (TPSA) is 51.0 Å². The van der Waals surface area contributed by atoms with E-state index in [0.717, 1.165) is 28.7 Å². The molecule has 24 heavy (non-hydrogen) atoms. The van der Waals surface area contributed by atoms with E-state index in [1.807, 2.05) is 17.5 Å². The van der Waals surface area contributed by atoms with Gasteiger partial charge in [0.05, 0.1) is 4.88 Å². The molecule has 0 unspecified atom stereocenters. The maximum atomic E-state index is 5.35. The summed E-state index contributed by atoms with van der Waals surface area (Å²) in [4.78, 5) is 5.52. The van der Waals surface area contributed by atoms with Gasteiger partial charge in [0.15, 0.2) is 0 Å². The summed E-state index contributed by atoms with van der Waals surface area (Å²) in [7, 11) is 0. The highest BCUT2D eigenvalue weighted by Crippen LogP contribution is 2.45. The molecule has 124 valence electrons. The minimum absolute atomic E-state index is 0.178.